The van der Waals surface area contributed by atoms with E-state index < -0.39 is 52.0 Å². The lowest BCUT2D eigenvalue weighted by Crippen LogP contribution is -2.47. The first kappa shape index (κ1) is 42.7. The molecule has 0 saturated carbocycles. The summed E-state index contributed by atoms with van der Waals surface area (Å²) in [6.07, 6.45) is 3.84. The van der Waals surface area contributed by atoms with Crippen molar-refractivity contribution >= 4 is 116 Å². The molecule has 1 aliphatic carbocycles. The van der Waals surface area contributed by atoms with E-state index in [0.29, 0.717) is 41.1 Å². The lowest BCUT2D eigenvalue weighted by molar-refractivity contribution is 0.600. The molecule has 0 saturated heterocycles. The third-order valence-electron chi connectivity index (χ3n) is 16.1. The van der Waals surface area contributed by atoms with Gasteiger partial charge in [-0.05, 0) is 53.4 Å². The van der Waals surface area contributed by atoms with E-state index in [1.54, 1.807) is 0 Å². The molecule has 0 unspecified atom stereocenters. The lowest BCUT2D eigenvalue weighted by Gasteiger charge is -2.38. The maximum Gasteiger partial charge on any atom is 0.200 e. The van der Waals surface area contributed by atoms with Gasteiger partial charge in [-0.25, -0.2) is 16.8 Å². The molecule has 0 amide bonds. The Hall–Kier alpha value is -1.39. The number of benzene rings is 2. The summed E-state index contributed by atoms with van der Waals surface area (Å²) in [5.74, 6) is 0. The van der Waals surface area contributed by atoms with Gasteiger partial charge in [0.15, 0.2) is 19.7 Å². The van der Waals surface area contributed by atoms with Crippen LogP contribution in [-0.4, -0.2) is 49.1 Å². The Kier molecular flexibility index (Phi) is 8.93. The van der Waals surface area contributed by atoms with Gasteiger partial charge in [0.25, 0.3) is 0 Å². The molecule has 0 fully saturated rings. The van der Waals surface area contributed by atoms with Crippen molar-refractivity contribution in [2.45, 2.75) is 165 Å². The fourth-order valence-electron chi connectivity index (χ4n) is 8.02. The number of hydrogen-bond acceptors (Lipinski definition) is 6. The molecule has 7 rings (SSSR count). The van der Waals surface area contributed by atoms with E-state index in [2.05, 4.69) is 148 Å². The fraction of sp³-hybridized carbons (Fsp3) is 0.545. The third kappa shape index (κ3) is 5.30. The molecule has 4 heterocycles. The van der Waals surface area contributed by atoms with Crippen molar-refractivity contribution in [2.75, 3.05) is 0 Å². The minimum absolute atomic E-state index is 0.103. The maximum absolute atomic E-state index is 15.5. The minimum Gasteiger partial charge on any atom is -0.219 e. The van der Waals surface area contributed by atoms with E-state index in [4.69, 9.17) is 0 Å². The van der Waals surface area contributed by atoms with Gasteiger partial charge in [-0.2, -0.15) is 0 Å². The van der Waals surface area contributed by atoms with Gasteiger partial charge in [-0.3, -0.25) is 0 Å². The average Bonchev–Trinajstić information content (AvgIpc) is 3.73. The Morgan fingerprint density at radius 1 is 0.429 bits per heavy atom. The van der Waals surface area contributed by atoms with Crippen molar-refractivity contribution in [2.24, 2.45) is 0 Å². The molecule has 2 aromatic carbocycles. The number of hydrogen-bond donors (Lipinski definition) is 0. The molecule has 4 nitrogen and oxygen atoms in total. The van der Waals surface area contributed by atoms with Crippen LogP contribution in [0, 0.1) is 0 Å². The van der Waals surface area contributed by atoms with Crippen molar-refractivity contribution in [1.82, 2.24) is 0 Å². The van der Waals surface area contributed by atoms with E-state index in [1.807, 2.05) is 34.8 Å². The second-order valence-electron chi connectivity index (χ2n) is 23.2. The van der Waals surface area contributed by atoms with E-state index in [1.165, 1.54) is 19.8 Å². The van der Waals surface area contributed by atoms with Crippen LogP contribution in [0.4, 0.5) is 0 Å². The van der Waals surface area contributed by atoms with Gasteiger partial charge in [0.05, 0.1) is 25.9 Å². The maximum atomic E-state index is 15.5. The largest absolute Gasteiger partial charge is 0.219 e. The zero-order valence-electron chi connectivity index (χ0n) is 37.6. The van der Waals surface area contributed by atoms with Gasteiger partial charge >= 0.3 is 0 Å². The Balaban J connectivity index is 1.70. The van der Waals surface area contributed by atoms with Gasteiger partial charge < -0.3 is 0 Å². The zero-order chi connectivity index (χ0) is 42.5. The smallest absolute Gasteiger partial charge is 0.200 e. The van der Waals surface area contributed by atoms with Gasteiger partial charge in [-0.1, -0.05) is 135 Å². The average molecular weight is 898 g/mol. The topological polar surface area (TPSA) is 68.3 Å². The first-order chi connectivity index (χ1) is 24.9. The molecular weight excluding hydrogens is 833 g/mol. The molecule has 0 N–H and O–H groups in total. The quantitative estimate of drug-likeness (QED) is 0.169. The van der Waals surface area contributed by atoms with Gasteiger partial charge in [0, 0.05) is 62.6 Å². The van der Waals surface area contributed by atoms with E-state index in [-0.39, 0.29) is 20.2 Å². The molecule has 56 heavy (non-hydrogen) atoms. The monoisotopic (exact) mass is 896 g/mol. The Bertz CT molecular complexity index is 2560. The molecule has 2 aliphatic heterocycles. The van der Waals surface area contributed by atoms with Crippen molar-refractivity contribution in [3.8, 4) is 22.3 Å². The van der Waals surface area contributed by atoms with Crippen molar-refractivity contribution < 1.29 is 16.8 Å². The third-order valence-corrected chi connectivity index (χ3v) is 50.2. The number of thiophene rings is 2. The van der Waals surface area contributed by atoms with Crippen LogP contribution in [0.1, 0.15) is 94.2 Å². The summed E-state index contributed by atoms with van der Waals surface area (Å²) in [7, 11) is -17.1. The van der Waals surface area contributed by atoms with Crippen LogP contribution in [0.2, 0.25) is 72.5 Å². The Morgan fingerprint density at radius 2 is 0.696 bits per heavy atom. The van der Waals surface area contributed by atoms with Gasteiger partial charge in [0.2, 0.25) is 0 Å². The summed E-state index contributed by atoms with van der Waals surface area (Å²) in [4.78, 5) is 0.705. The first-order valence-corrected chi connectivity index (χ1v) is 36.7. The number of rotatable bonds is 4. The molecule has 0 radical (unpaired) electrons. The minimum atomic E-state index is -3.94. The normalized spacial score (nSPS) is 18.4. The van der Waals surface area contributed by atoms with Crippen LogP contribution in [-0.2, 0) is 19.7 Å². The highest BCUT2D eigenvalue weighted by molar-refractivity contribution is 7.99. The number of sulfone groups is 2. The molecule has 0 spiro atoms. The molecule has 3 aliphatic rings. The van der Waals surface area contributed by atoms with Crippen LogP contribution < -0.4 is 9.00 Å². The molecule has 0 bridgehead atoms. The van der Waals surface area contributed by atoms with Crippen molar-refractivity contribution in [3.63, 3.8) is 0 Å². The summed E-state index contributed by atoms with van der Waals surface area (Å²) < 4.78 is 67.9. The van der Waals surface area contributed by atoms with Crippen LogP contribution in [0.15, 0.2) is 31.0 Å². The van der Waals surface area contributed by atoms with Crippen LogP contribution in [0.25, 0.3) is 54.6 Å². The van der Waals surface area contributed by atoms with Gasteiger partial charge in [0.1, 0.15) is 16.1 Å². The Labute approximate surface area is 350 Å². The zero-order valence-corrected chi connectivity index (χ0v) is 44.8. The first-order valence-electron chi connectivity index (χ1n) is 20.1. The Morgan fingerprint density at radius 3 is 0.946 bits per heavy atom. The predicted molar refractivity (Wildman–Crippen MR) is 260 cm³/mol. The highest BCUT2D eigenvalue weighted by Gasteiger charge is 2.56. The lowest BCUT2D eigenvalue weighted by atomic mass is 9.77. The molecule has 12 heteroatoms. The van der Waals surface area contributed by atoms with Crippen LogP contribution >= 0.6 is 22.7 Å². The molecule has 2 aromatic heterocycles. The summed E-state index contributed by atoms with van der Waals surface area (Å²) in [6.45, 7) is 45.5. The van der Waals surface area contributed by atoms with Crippen LogP contribution in [0.5, 0.6) is 0 Å². The molecule has 304 valence electrons. The second-order valence-corrected chi connectivity index (χ2v) is 51.6. The van der Waals surface area contributed by atoms with Crippen LogP contribution in [0.3, 0.4) is 0 Å². The highest BCUT2D eigenvalue weighted by atomic mass is 32.2. The SMILES string of the molecule is CC(C)(C)[Si](C)(C)C1=Cc2c3c(c4c(c2S1(=O)=O)-c1c-4c2sc([Si](C)(C)C(C)(C)C)cc2c2cc([Si](C)(C)C(C)(C)C)sc12)S(=O)(=O)C([Si](C)(C)C(C)(C)C)=C3. The molecule has 0 atom stereocenters. The van der Waals surface area contributed by atoms with E-state index >= 15 is 16.8 Å². The predicted octanol–water partition coefficient (Wildman–Crippen LogP) is 13.5. The molecule has 4 aromatic rings. The summed E-state index contributed by atoms with van der Waals surface area (Å²) in [5.41, 5.74) is 4.44. The second kappa shape index (κ2) is 11.7. The molecular formula is C44H64O4S4Si4. The van der Waals surface area contributed by atoms with Crippen molar-refractivity contribution in [3.05, 3.63) is 32.3 Å². The standard InChI is InChI=1S/C44H64O4S4Si4/c1-41(2,3)53(13,14)29-21-25-26-22-30(54(15,16)42(4,5)6)50-38(26)34-33(37(25)49-29)35-36(34)40-28(24-32(52(40,47)48)56(19,20)44(10,11)12)27-23-31(51(45,46)39(27)35)55(17,18)43(7,8)9/h21-24H,1-20H3. The summed E-state index contributed by atoms with van der Waals surface area (Å²) in [5, 5.41) is 2.12. The number of fused-ring (bicyclic) bond motifs is 14. The fourth-order valence-corrected chi connectivity index (χ4v) is 30.1. The van der Waals surface area contributed by atoms with Crippen molar-refractivity contribution in [1.29, 1.82) is 0 Å². The van der Waals surface area contributed by atoms with E-state index in [9.17, 15) is 0 Å². The van der Waals surface area contributed by atoms with Gasteiger partial charge in [-0.15, -0.1) is 22.7 Å². The summed E-state index contributed by atoms with van der Waals surface area (Å²) >= 11 is 3.68. The highest BCUT2D eigenvalue weighted by Crippen LogP contribution is 2.67. The summed E-state index contributed by atoms with van der Waals surface area (Å²) in [6, 6.07) is 4.88. The van der Waals surface area contributed by atoms with E-state index in [0.717, 1.165) is 20.5 Å².